The zero-order valence-corrected chi connectivity index (χ0v) is 8.59. The first kappa shape index (κ1) is 9.64. The molecule has 0 atom stereocenters. The summed E-state index contributed by atoms with van der Waals surface area (Å²) in [6.45, 7) is 3.67. The summed E-state index contributed by atoms with van der Waals surface area (Å²) in [7, 11) is 0. The maximum Gasteiger partial charge on any atom is 0.0692 e. The number of aryl methyl sites for hydroxylation is 1. The molecule has 0 spiro atoms. The lowest BCUT2D eigenvalue weighted by Crippen LogP contribution is -2.11. The molecule has 0 aliphatic rings. The van der Waals surface area contributed by atoms with E-state index in [9.17, 15) is 0 Å². The van der Waals surface area contributed by atoms with E-state index in [-0.39, 0.29) is 0 Å². The fourth-order valence-corrected chi connectivity index (χ4v) is 1.33. The second-order valence-electron chi connectivity index (χ2n) is 3.28. The Morgan fingerprint density at radius 2 is 2.33 bits per heavy atom. The minimum Gasteiger partial charge on any atom is -0.383 e. The molecule has 2 aromatic rings. The quantitative estimate of drug-likeness (QED) is 0.808. The normalized spacial score (nSPS) is 10.2. The SMILES string of the molecule is Cc1cnccc1NCCn1ccnn1. The number of rotatable bonds is 4. The van der Waals surface area contributed by atoms with Gasteiger partial charge in [-0.1, -0.05) is 5.21 Å². The van der Waals surface area contributed by atoms with Gasteiger partial charge in [-0.25, -0.2) is 0 Å². The van der Waals surface area contributed by atoms with Crippen molar-refractivity contribution in [2.24, 2.45) is 0 Å². The van der Waals surface area contributed by atoms with Crippen LogP contribution < -0.4 is 5.32 Å². The molecule has 0 aromatic carbocycles. The van der Waals surface area contributed by atoms with Crippen molar-refractivity contribution in [2.45, 2.75) is 13.5 Å². The largest absolute Gasteiger partial charge is 0.383 e. The Morgan fingerprint density at radius 1 is 1.40 bits per heavy atom. The molecule has 78 valence electrons. The highest BCUT2D eigenvalue weighted by atomic mass is 15.4. The molecule has 15 heavy (non-hydrogen) atoms. The fraction of sp³-hybridized carbons (Fsp3) is 0.300. The third-order valence-electron chi connectivity index (χ3n) is 2.15. The van der Waals surface area contributed by atoms with E-state index < -0.39 is 0 Å². The second kappa shape index (κ2) is 4.54. The summed E-state index contributed by atoms with van der Waals surface area (Å²) in [4.78, 5) is 4.04. The zero-order valence-electron chi connectivity index (χ0n) is 8.59. The number of nitrogens with zero attached hydrogens (tertiary/aromatic N) is 4. The molecule has 5 heteroatoms. The molecule has 5 nitrogen and oxygen atoms in total. The van der Waals surface area contributed by atoms with E-state index in [1.165, 1.54) is 0 Å². The van der Waals surface area contributed by atoms with Gasteiger partial charge < -0.3 is 5.32 Å². The molecule has 2 heterocycles. The highest BCUT2D eigenvalue weighted by molar-refractivity contribution is 5.48. The molecule has 0 aliphatic carbocycles. The molecule has 0 saturated carbocycles. The van der Waals surface area contributed by atoms with Crippen LogP contribution >= 0.6 is 0 Å². The van der Waals surface area contributed by atoms with Crippen LogP contribution in [0.15, 0.2) is 30.9 Å². The Balaban J connectivity index is 1.86. The van der Waals surface area contributed by atoms with Gasteiger partial charge in [0.1, 0.15) is 0 Å². The van der Waals surface area contributed by atoms with Gasteiger partial charge in [-0.15, -0.1) is 5.10 Å². The molecule has 0 radical (unpaired) electrons. The number of hydrogen-bond donors (Lipinski definition) is 1. The first-order valence-electron chi connectivity index (χ1n) is 4.85. The Morgan fingerprint density at radius 3 is 3.07 bits per heavy atom. The summed E-state index contributed by atoms with van der Waals surface area (Å²) in [6, 6.07) is 1.97. The van der Waals surface area contributed by atoms with Gasteiger partial charge in [0.25, 0.3) is 0 Å². The van der Waals surface area contributed by atoms with E-state index in [0.717, 1.165) is 24.3 Å². The first-order valence-corrected chi connectivity index (χ1v) is 4.85. The van der Waals surface area contributed by atoms with E-state index in [0.29, 0.717) is 0 Å². The minimum atomic E-state index is 0.807. The summed E-state index contributed by atoms with van der Waals surface area (Å²) < 4.78 is 1.80. The molecule has 0 unspecified atom stereocenters. The van der Waals surface area contributed by atoms with Gasteiger partial charge in [0, 0.05) is 30.8 Å². The molecule has 1 N–H and O–H groups in total. The van der Waals surface area contributed by atoms with E-state index >= 15 is 0 Å². The highest BCUT2D eigenvalue weighted by Gasteiger charge is 1.96. The van der Waals surface area contributed by atoms with E-state index in [2.05, 4.69) is 20.6 Å². The minimum absolute atomic E-state index is 0.807. The monoisotopic (exact) mass is 203 g/mol. The van der Waals surface area contributed by atoms with Gasteiger partial charge in [0.15, 0.2) is 0 Å². The van der Waals surface area contributed by atoms with Crippen LogP contribution in [0.1, 0.15) is 5.56 Å². The van der Waals surface area contributed by atoms with Crippen molar-refractivity contribution >= 4 is 5.69 Å². The molecular formula is C10H13N5. The van der Waals surface area contributed by atoms with Crippen LogP contribution in [0.5, 0.6) is 0 Å². The molecule has 2 rings (SSSR count). The predicted octanol–water partition coefficient (Wildman–Crippen LogP) is 1.09. The lowest BCUT2D eigenvalue weighted by molar-refractivity contribution is 0.609. The Kier molecular flexibility index (Phi) is 2.92. The van der Waals surface area contributed by atoms with Crippen molar-refractivity contribution in [1.82, 2.24) is 20.0 Å². The third kappa shape index (κ3) is 2.52. The molecule has 2 aromatic heterocycles. The molecule has 0 saturated heterocycles. The Hall–Kier alpha value is -1.91. The van der Waals surface area contributed by atoms with Gasteiger partial charge in [0.2, 0.25) is 0 Å². The van der Waals surface area contributed by atoms with Gasteiger partial charge in [-0.05, 0) is 18.6 Å². The van der Waals surface area contributed by atoms with E-state index in [1.807, 2.05) is 25.4 Å². The fourth-order valence-electron chi connectivity index (χ4n) is 1.33. The van der Waals surface area contributed by atoms with Gasteiger partial charge in [0.05, 0.1) is 12.7 Å². The Labute approximate surface area is 88.1 Å². The summed E-state index contributed by atoms with van der Waals surface area (Å²) in [5.41, 5.74) is 2.27. The van der Waals surface area contributed by atoms with Crippen molar-refractivity contribution in [3.63, 3.8) is 0 Å². The van der Waals surface area contributed by atoms with E-state index in [4.69, 9.17) is 0 Å². The van der Waals surface area contributed by atoms with Crippen LogP contribution in [-0.4, -0.2) is 26.5 Å². The lowest BCUT2D eigenvalue weighted by atomic mass is 10.2. The number of nitrogens with one attached hydrogen (secondary N) is 1. The predicted molar refractivity (Wildman–Crippen MR) is 57.5 cm³/mol. The number of pyridine rings is 1. The van der Waals surface area contributed by atoms with Crippen molar-refractivity contribution in [1.29, 1.82) is 0 Å². The van der Waals surface area contributed by atoms with Gasteiger partial charge in [-0.3, -0.25) is 9.67 Å². The smallest absolute Gasteiger partial charge is 0.0692 e. The average Bonchev–Trinajstić information content (AvgIpc) is 2.74. The van der Waals surface area contributed by atoms with Crippen molar-refractivity contribution in [2.75, 3.05) is 11.9 Å². The number of hydrogen-bond acceptors (Lipinski definition) is 4. The zero-order chi connectivity index (χ0) is 10.5. The maximum absolute atomic E-state index is 4.04. The standard InChI is InChI=1S/C10H13N5/c1-9-8-11-3-2-10(9)12-4-6-15-7-5-13-14-15/h2-3,5,7-8H,4,6H2,1H3,(H,11,12). The number of anilines is 1. The first-order chi connectivity index (χ1) is 7.36. The van der Waals surface area contributed by atoms with Crippen LogP contribution in [0.3, 0.4) is 0 Å². The molecule has 0 aliphatic heterocycles. The molecule has 0 amide bonds. The second-order valence-corrected chi connectivity index (χ2v) is 3.28. The number of aromatic nitrogens is 4. The average molecular weight is 203 g/mol. The molecular weight excluding hydrogens is 190 g/mol. The van der Waals surface area contributed by atoms with Gasteiger partial charge >= 0.3 is 0 Å². The topological polar surface area (TPSA) is 55.6 Å². The van der Waals surface area contributed by atoms with Crippen LogP contribution in [0.25, 0.3) is 0 Å². The van der Waals surface area contributed by atoms with Gasteiger partial charge in [-0.2, -0.15) is 0 Å². The van der Waals surface area contributed by atoms with Crippen molar-refractivity contribution < 1.29 is 0 Å². The summed E-state index contributed by atoms with van der Waals surface area (Å²) >= 11 is 0. The molecule has 0 bridgehead atoms. The van der Waals surface area contributed by atoms with Crippen LogP contribution in [0.4, 0.5) is 5.69 Å². The van der Waals surface area contributed by atoms with Crippen LogP contribution in [0, 0.1) is 6.92 Å². The van der Waals surface area contributed by atoms with Crippen LogP contribution in [-0.2, 0) is 6.54 Å². The summed E-state index contributed by atoms with van der Waals surface area (Å²) in [6.07, 6.45) is 7.15. The van der Waals surface area contributed by atoms with Crippen molar-refractivity contribution in [3.05, 3.63) is 36.4 Å². The maximum atomic E-state index is 4.04. The summed E-state index contributed by atoms with van der Waals surface area (Å²) in [5, 5.41) is 10.9. The molecule has 0 fully saturated rings. The third-order valence-corrected chi connectivity index (χ3v) is 2.15. The summed E-state index contributed by atoms with van der Waals surface area (Å²) in [5.74, 6) is 0. The van der Waals surface area contributed by atoms with Crippen LogP contribution in [0.2, 0.25) is 0 Å². The van der Waals surface area contributed by atoms with E-state index in [1.54, 1.807) is 17.1 Å². The van der Waals surface area contributed by atoms with Crippen molar-refractivity contribution in [3.8, 4) is 0 Å². The Bertz CT molecular complexity index is 410. The lowest BCUT2D eigenvalue weighted by Gasteiger charge is -2.08. The highest BCUT2D eigenvalue weighted by Crippen LogP contribution is 2.10.